The van der Waals surface area contributed by atoms with E-state index in [-0.39, 0.29) is 22.3 Å². The molecule has 0 aromatic carbocycles. The number of rotatable bonds is 2. The van der Waals surface area contributed by atoms with Gasteiger partial charge in [0, 0.05) is 11.6 Å². The molecule has 1 aromatic rings. The Morgan fingerprint density at radius 3 is 2.32 bits per heavy atom. The van der Waals surface area contributed by atoms with Crippen LogP contribution in [0.3, 0.4) is 0 Å². The Bertz CT molecular complexity index is 458. The fourth-order valence-electron chi connectivity index (χ4n) is 2.41. The van der Waals surface area contributed by atoms with Crippen molar-refractivity contribution in [2.45, 2.75) is 45.6 Å². The van der Waals surface area contributed by atoms with Gasteiger partial charge in [0.1, 0.15) is 10.3 Å². The summed E-state index contributed by atoms with van der Waals surface area (Å²) in [5.74, 6) is -0.129. The Balaban J connectivity index is 1.98. The molecule has 5 heteroatoms. The lowest BCUT2D eigenvalue weighted by molar-refractivity contribution is 0.0909. The van der Waals surface area contributed by atoms with Gasteiger partial charge in [0.05, 0.1) is 0 Å². The molecule has 0 saturated heterocycles. The van der Waals surface area contributed by atoms with Crippen LogP contribution in [-0.4, -0.2) is 16.9 Å². The summed E-state index contributed by atoms with van der Waals surface area (Å²) in [5.41, 5.74) is 0.861. The van der Waals surface area contributed by atoms with Crippen LogP contribution in [0, 0.1) is 5.41 Å². The molecule has 1 aliphatic carbocycles. The quantitative estimate of drug-likeness (QED) is 0.836. The van der Waals surface area contributed by atoms with Crippen molar-refractivity contribution in [1.29, 1.82) is 0 Å². The van der Waals surface area contributed by atoms with Crippen molar-refractivity contribution in [2.24, 2.45) is 5.41 Å². The molecule has 1 amide bonds. The van der Waals surface area contributed by atoms with Crippen molar-refractivity contribution in [3.63, 3.8) is 0 Å². The summed E-state index contributed by atoms with van der Waals surface area (Å²) < 4.78 is 0. The summed E-state index contributed by atoms with van der Waals surface area (Å²) >= 11 is 11.6. The van der Waals surface area contributed by atoms with E-state index in [1.807, 2.05) is 0 Å². The van der Waals surface area contributed by atoms with Gasteiger partial charge in [0.15, 0.2) is 0 Å². The van der Waals surface area contributed by atoms with E-state index in [9.17, 15) is 4.79 Å². The molecule has 104 valence electrons. The number of amides is 1. The van der Waals surface area contributed by atoms with Gasteiger partial charge in [-0.05, 0) is 43.2 Å². The molecule has 1 heterocycles. The van der Waals surface area contributed by atoms with Crippen LogP contribution < -0.4 is 5.32 Å². The lowest BCUT2D eigenvalue weighted by atomic mass is 9.75. The first-order chi connectivity index (χ1) is 8.85. The molecule has 2 rings (SSSR count). The Kier molecular flexibility index (Phi) is 4.36. The predicted octanol–water partition coefficient (Wildman–Crippen LogP) is 4.09. The molecule has 0 radical (unpaired) electrons. The Hall–Kier alpha value is -0.800. The van der Waals surface area contributed by atoms with Crippen LogP contribution in [0.25, 0.3) is 0 Å². The summed E-state index contributed by atoms with van der Waals surface area (Å²) in [4.78, 5) is 16.0. The average molecular weight is 301 g/mol. The first-order valence-electron chi connectivity index (χ1n) is 6.50. The van der Waals surface area contributed by atoms with Crippen LogP contribution in [0.15, 0.2) is 12.1 Å². The third kappa shape index (κ3) is 4.08. The van der Waals surface area contributed by atoms with Crippen molar-refractivity contribution in [3.8, 4) is 0 Å². The van der Waals surface area contributed by atoms with Crippen LogP contribution in [-0.2, 0) is 0 Å². The van der Waals surface area contributed by atoms with Crippen LogP contribution in [0.5, 0.6) is 0 Å². The summed E-state index contributed by atoms with van der Waals surface area (Å²) in [5, 5.41) is 3.52. The van der Waals surface area contributed by atoms with E-state index in [0.717, 1.165) is 25.7 Å². The van der Waals surface area contributed by atoms with Crippen molar-refractivity contribution >= 4 is 29.1 Å². The number of pyridine rings is 1. The van der Waals surface area contributed by atoms with E-state index >= 15 is 0 Å². The van der Waals surface area contributed by atoms with Crippen LogP contribution in [0.2, 0.25) is 10.3 Å². The Morgan fingerprint density at radius 1 is 1.26 bits per heavy atom. The number of hydrogen-bond acceptors (Lipinski definition) is 2. The van der Waals surface area contributed by atoms with E-state index < -0.39 is 0 Å². The van der Waals surface area contributed by atoms with Gasteiger partial charge in [-0.1, -0.05) is 37.0 Å². The van der Waals surface area contributed by atoms with Gasteiger partial charge >= 0.3 is 0 Å². The minimum absolute atomic E-state index is 0.129. The van der Waals surface area contributed by atoms with E-state index in [0.29, 0.717) is 11.0 Å². The van der Waals surface area contributed by atoms with E-state index in [1.165, 1.54) is 12.1 Å². The number of nitrogens with zero attached hydrogens (tertiary/aromatic N) is 1. The summed E-state index contributed by atoms with van der Waals surface area (Å²) in [7, 11) is 0. The fraction of sp³-hybridized carbons (Fsp3) is 0.571. The molecule has 0 unspecified atom stereocenters. The van der Waals surface area contributed by atoms with Crippen LogP contribution >= 0.6 is 23.2 Å². The highest BCUT2D eigenvalue weighted by atomic mass is 35.5. The second kappa shape index (κ2) is 5.68. The third-order valence-electron chi connectivity index (χ3n) is 3.70. The maximum atomic E-state index is 12.1. The van der Waals surface area contributed by atoms with E-state index in [4.69, 9.17) is 23.2 Å². The van der Waals surface area contributed by atoms with Gasteiger partial charge in [0.2, 0.25) is 0 Å². The van der Waals surface area contributed by atoms with Gasteiger partial charge in [-0.3, -0.25) is 4.79 Å². The summed E-state index contributed by atoms with van der Waals surface area (Å²) in [6, 6.07) is 3.32. The zero-order valence-electron chi connectivity index (χ0n) is 11.2. The Morgan fingerprint density at radius 2 is 1.79 bits per heavy atom. The number of aromatic nitrogens is 1. The van der Waals surface area contributed by atoms with E-state index in [2.05, 4.69) is 24.1 Å². The van der Waals surface area contributed by atoms with Gasteiger partial charge in [0.25, 0.3) is 5.91 Å². The highest BCUT2D eigenvalue weighted by molar-refractivity contribution is 6.33. The zero-order chi connectivity index (χ0) is 14.0. The average Bonchev–Trinajstić information content (AvgIpc) is 2.30. The predicted molar refractivity (Wildman–Crippen MR) is 77.8 cm³/mol. The van der Waals surface area contributed by atoms with Crippen molar-refractivity contribution in [2.75, 3.05) is 0 Å². The van der Waals surface area contributed by atoms with Gasteiger partial charge in [-0.15, -0.1) is 0 Å². The normalized spacial score (nSPS) is 19.2. The molecule has 0 aliphatic heterocycles. The minimum Gasteiger partial charge on any atom is -0.349 e. The SMILES string of the molecule is CC1(C)CCC(NC(=O)c2cc(Cl)nc(Cl)c2)CC1. The molecule has 1 aliphatic rings. The number of carbonyl (C=O) groups is 1. The number of nitrogens with one attached hydrogen (secondary N) is 1. The molecule has 0 bridgehead atoms. The lowest BCUT2D eigenvalue weighted by Gasteiger charge is -2.34. The molecule has 3 nitrogen and oxygen atoms in total. The molecule has 1 aromatic heterocycles. The maximum absolute atomic E-state index is 12.1. The molecule has 1 fully saturated rings. The number of carbonyl (C=O) groups excluding carboxylic acids is 1. The first kappa shape index (κ1) is 14.6. The smallest absolute Gasteiger partial charge is 0.251 e. The maximum Gasteiger partial charge on any atom is 0.251 e. The van der Waals surface area contributed by atoms with Crippen molar-refractivity contribution in [1.82, 2.24) is 10.3 Å². The highest BCUT2D eigenvalue weighted by Crippen LogP contribution is 2.35. The number of hydrogen-bond donors (Lipinski definition) is 1. The minimum atomic E-state index is -0.129. The molecular weight excluding hydrogens is 283 g/mol. The summed E-state index contributed by atoms with van der Waals surface area (Å²) in [6.07, 6.45) is 4.31. The molecule has 0 atom stereocenters. The summed E-state index contributed by atoms with van der Waals surface area (Å²) in [6.45, 7) is 4.54. The molecule has 0 spiro atoms. The molecular formula is C14H18Cl2N2O. The lowest BCUT2D eigenvalue weighted by Crippen LogP contribution is -2.39. The van der Waals surface area contributed by atoms with Crippen LogP contribution in [0.1, 0.15) is 49.9 Å². The topological polar surface area (TPSA) is 42.0 Å². The largest absolute Gasteiger partial charge is 0.349 e. The molecule has 1 saturated carbocycles. The monoisotopic (exact) mass is 300 g/mol. The molecule has 1 N–H and O–H groups in total. The molecule has 19 heavy (non-hydrogen) atoms. The van der Waals surface area contributed by atoms with Crippen molar-refractivity contribution in [3.05, 3.63) is 28.0 Å². The highest BCUT2D eigenvalue weighted by Gasteiger charge is 2.27. The Labute approximate surface area is 123 Å². The van der Waals surface area contributed by atoms with E-state index in [1.54, 1.807) is 0 Å². The zero-order valence-corrected chi connectivity index (χ0v) is 12.7. The first-order valence-corrected chi connectivity index (χ1v) is 7.25. The van der Waals surface area contributed by atoms with Crippen molar-refractivity contribution < 1.29 is 4.79 Å². The fourth-order valence-corrected chi connectivity index (χ4v) is 2.87. The second-order valence-electron chi connectivity index (χ2n) is 5.91. The van der Waals surface area contributed by atoms with Gasteiger partial charge < -0.3 is 5.32 Å². The standard InChI is InChI=1S/C14H18Cl2N2O/c1-14(2)5-3-10(4-6-14)17-13(19)9-7-11(15)18-12(16)8-9/h7-8,10H,3-6H2,1-2H3,(H,17,19). The number of halogens is 2. The van der Waals surface area contributed by atoms with Crippen LogP contribution in [0.4, 0.5) is 0 Å². The third-order valence-corrected chi connectivity index (χ3v) is 4.09. The second-order valence-corrected chi connectivity index (χ2v) is 6.69. The van der Waals surface area contributed by atoms with Gasteiger partial charge in [-0.25, -0.2) is 4.98 Å². The van der Waals surface area contributed by atoms with Gasteiger partial charge in [-0.2, -0.15) is 0 Å².